The van der Waals surface area contributed by atoms with E-state index in [4.69, 9.17) is 31.5 Å². The van der Waals surface area contributed by atoms with Crippen molar-refractivity contribution in [1.29, 1.82) is 0 Å². The number of benzene rings is 2. The third kappa shape index (κ3) is 4.07. The van der Waals surface area contributed by atoms with Crippen molar-refractivity contribution in [2.24, 2.45) is 5.73 Å². The lowest BCUT2D eigenvalue weighted by atomic mass is 9.83. The fourth-order valence-corrected chi connectivity index (χ4v) is 4.31. The van der Waals surface area contributed by atoms with Crippen LogP contribution in [0.15, 0.2) is 70.8 Å². The molecular weight excluding hydrogens is 444 g/mol. The van der Waals surface area contributed by atoms with Gasteiger partial charge in [-0.2, -0.15) is 0 Å². The summed E-state index contributed by atoms with van der Waals surface area (Å²) in [5, 5.41) is 0.463. The molecule has 33 heavy (non-hydrogen) atoms. The first-order valence-corrected chi connectivity index (χ1v) is 10.6. The quantitative estimate of drug-likeness (QED) is 0.576. The number of fused-ring (bicyclic) bond motifs is 1. The molecule has 0 fully saturated rings. The second-order valence-corrected chi connectivity index (χ2v) is 8.06. The molecule has 2 heterocycles. The van der Waals surface area contributed by atoms with Crippen LogP contribution in [0.25, 0.3) is 0 Å². The number of nitrogens with zero attached hydrogens (tertiary/aromatic N) is 1. The Balaban J connectivity index is 1.95. The summed E-state index contributed by atoms with van der Waals surface area (Å²) >= 11 is 6.23. The van der Waals surface area contributed by atoms with E-state index in [-0.39, 0.29) is 29.1 Å². The highest BCUT2D eigenvalue weighted by Gasteiger charge is 2.38. The molecule has 0 amide bonds. The van der Waals surface area contributed by atoms with E-state index in [2.05, 4.69) is 0 Å². The van der Waals surface area contributed by atoms with E-state index in [1.807, 2.05) is 31.2 Å². The Hall–Kier alpha value is -3.71. The summed E-state index contributed by atoms with van der Waals surface area (Å²) < 4.78 is 17.8. The molecule has 0 saturated carbocycles. The minimum absolute atomic E-state index is 0.0528. The topological polar surface area (TPSA) is 92.8 Å². The minimum Gasteiger partial charge on any atom is -0.496 e. The third-order valence-electron chi connectivity index (χ3n) is 5.68. The van der Waals surface area contributed by atoms with Crippen LogP contribution in [0.3, 0.4) is 0 Å². The van der Waals surface area contributed by atoms with Gasteiger partial charge in [0.25, 0.3) is 5.56 Å². The molecule has 170 valence electrons. The number of aromatic nitrogens is 1. The number of rotatable bonds is 5. The number of carbonyl (C=O) groups is 1. The molecule has 8 heteroatoms. The molecule has 0 aliphatic carbocycles. The van der Waals surface area contributed by atoms with Crippen LogP contribution in [0.1, 0.15) is 28.3 Å². The molecule has 1 aromatic heterocycles. The van der Waals surface area contributed by atoms with Crippen molar-refractivity contribution < 1.29 is 19.0 Å². The molecule has 0 spiro atoms. The highest BCUT2D eigenvalue weighted by atomic mass is 35.5. The Morgan fingerprint density at radius 3 is 2.61 bits per heavy atom. The molecule has 0 bridgehead atoms. The van der Waals surface area contributed by atoms with Crippen molar-refractivity contribution in [3.63, 3.8) is 0 Å². The average Bonchev–Trinajstić information content (AvgIpc) is 2.80. The SMILES string of the molecule is COC(=O)C1=C(N)Oc2cc(C)n(Cc3ccccc3OC)c(=O)c2C1c1cccc(Cl)c1. The molecule has 4 rings (SSSR count). The van der Waals surface area contributed by atoms with Crippen molar-refractivity contribution in [3.8, 4) is 11.5 Å². The lowest BCUT2D eigenvalue weighted by Crippen LogP contribution is -2.35. The van der Waals surface area contributed by atoms with Gasteiger partial charge in [0, 0.05) is 22.3 Å². The predicted molar refractivity (Wildman–Crippen MR) is 125 cm³/mol. The van der Waals surface area contributed by atoms with Crippen LogP contribution in [0.5, 0.6) is 11.5 Å². The molecule has 1 aliphatic rings. The predicted octanol–water partition coefficient (Wildman–Crippen LogP) is 3.73. The van der Waals surface area contributed by atoms with Crippen LogP contribution in [0.2, 0.25) is 5.02 Å². The number of halogens is 1. The van der Waals surface area contributed by atoms with E-state index in [1.165, 1.54) is 7.11 Å². The third-order valence-corrected chi connectivity index (χ3v) is 5.91. The lowest BCUT2D eigenvalue weighted by molar-refractivity contribution is -0.136. The average molecular weight is 467 g/mol. The molecule has 0 saturated heterocycles. The fourth-order valence-electron chi connectivity index (χ4n) is 4.11. The van der Waals surface area contributed by atoms with Crippen LogP contribution in [-0.2, 0) is 16.1 Å². The molecule has 2 N–H and O–H groups in total. The number of pyridine rings is 1. The van der Waals surface area contributed by atoms with Gasteiger partial charge in [-0.05, 0) is 30.7 Å². The number of hydrogen-bond acceptors (Lipinski definition) is 6. The standard InChI is InChI=1S/C25H23ClN2O5/c1-14-11-19-21(24(29)28(14)13-16-7-4-5-10-18(16)31-2)20(15-8-6-9-17(26)12-15)22(23(27)33-19)25(30)32-3/h4-12,20H,13,27H2,1-3H3. The van der Waals surface area contributed by atoms with Crippen molar-refractivity contribution in [2.75, 3.05) is 14.2 Å². The zero-order valence-electron chi connectivity index (χ0n) is 18.4. The van der Waals surface area contributed by atoms with Gasteiger partial charge < -0.3 is 24.5 Å². The number of para-hydroxylation sites is 1. The van der Waals surface area contributed by atoms with Crippen molar-refractivity contribution >= 4 is 17.6 Å². The Morgan fingerprint density at radius 2 is 1.91 bits per heavy atom. The first-order chi connectivity index (χ1) is 15.8. The van der Waals surface area contributed by atoms with Crippen LogP contribution in [0, 0.1) is 6.92 Å². The molecule has 1 atom stereocenters. The van der Waals surface area contributed by atoms with Crippen LogP contribution >= 0.6 is 11.6 Å². The molecule has 2 aromatic carbocycles. The molecule has 3 aromatic rings. The fraction of sp³-hybridized carbons (Fsp3) is 0.200. The summed E-state index contributed by atoms with van der Waals surface area (Å²) in [6.07, 6.45) is 0. The zero-order chi connectivity index (χ0) is 23.7. The second-order valence-electron chi connectivity index (χ2n) is 7.63. The van der Waals surface area contributed by atoms with Gasteiger partial charge in [0.15, 0.2) is 0 Å². The van der Waals surface area contributed by atoms with E-state index >= 15 is 0 Å². The summed E-state index contributed by atoms with van der Waals surface area (Å²) in [6, 6.07) is 16.2. The Labute approximate surface area is 196 Å². The van der Waals surface area contributed by atoms with Crippen LogP contribution < -0.4 is 20.8 Å². The molecule has 7 nitrogen and oxygen atoms in total. The van der Waals surface area contributed by atoms with Crippen LogP contribution in [-0.4, -0.2) is 24.8 Å². The normalized spacial score (nSPS) is 15.0. The van der Waals surface area contributed by atoms with Gasteiger partial charge >= 0.3 is 5.97 Å². The number of carbonyl (C=O) groups excluding carboxylic acids is 1. The lowest BCUT2D eigenvalue weighted by Gasteiger charge is -2.29. The van der Waals surface area contributed by atoms with E-state index in [1.54, 1.807) is 42.0 Å². The van der Waals surface area contributed by atoms with Crippen molar-refractivity contribution in [3.05, 3.63) is 104 Å². The van der Waals surface area contributed by atoms with Gasteiger partial charge in [-0.15, -0.1) is 0 Å². The Morgan fingerprint density at radius 1 is 1.15 bits per heavy atom. The molecule has 0 radical (unpaired) electrons. The van der Waals surface area contributed by atoms with Gasteiger partial charge in [0.2, 0.25) is 5.88 Å². The van der Waals surface area contributed by atoms with Crippen molar-refractivity contribution in [1.82, 2.24) is 4.57 Å². The number of methoxy groups -OCH3 is 2. The van der Waals surface area contributed by atoms with Gasteiger partial charge in [-0.1, -0.05) is 41.9 Å². The number of ether oxygens (including phenoxy) is 3. The Kier molecular flexibility index (Phi) is 6.16. The zero-order valence-corrected chi connectivity index (χ0v) is 19.2. The number of aryl methyl sites for hydroxylation is 1. The van der Waals surface area contributed by atoms with Crippen molar-refractivity contribution in [2.45, 2.75) is 19.4 Å². The summed E-state index contributed by atoms with van der Waals surface area (Å²) in [4.78, 5) is 26.6. The molecular formula is C25H23ClN2O5. The minimum atomic E-state index is -0.808. The first kappa shape index (κ1) is 22.5. The highest BCUT2D eigenvalue weighted by Crippen LogP contribution is 2.41. The van der Waals surface area contributed by atoms with E-state index in [9.17, 15) is 9.59 Å². The monoisotopic (exact) mass is 466 g/mol. The summed E-state index contributed by atoms with van der Waals surface area (Å²) in [6.45, 7) is 2.08. The van der Waals surface area contributed by atoms with Gasteiger partial charge in [-0.25, -0.2) is 4.79 Å². The summed E-state index contributed by atoms with van der Waals surface area (Å²) in [5.74, 6) is -0.635. The Bertz CT molecular complexity index is 1330. The highest BCUT2D eigenvalue weighted by molar-refractivity contribution is 6.30. The number of esters is 1. The largest absolute Gasteiger partial charge is 0.496 e. The molecule has 1 aliphatic heterocycles. The van der Waals surface area contributed by atoms with Gasteiger partial charge in [0.1, 0.15) is 17.1 Å². The smallest absolute Gasteiger partial charge is 0.340 e. The first-order valence-electron chi connectivity index (χ1n) is 10.2. The maximum absolute atomic E-state index is 13.9. The summed E-state index contributed by atoms with van der Waals surface area (Å²) in [5.41, 5.74) is 8.29. The second kappa shape index (κ2) is 9.03. The van der Waals surface area contributed by atoms with Gasteiger partial charge in [-0.3, -0.25) is 4.79 Å². The number of nitrogens with two attached hydrogens (primary N) is 1. The maximum Gasteiger partial charge on any atom is 0.340 e. The van der Waals surface area contributed by atoms with Gasteiger partial charge in [0.05, 0.1) is 32.2 Å². The van der Waals surface area contributed by atoms with E-state index < -0.39 is 11.9 Å². The van der Waals surface area contributed by atoms with E-state index in [0.29, 0.717) is 27.8 Å². The van der Waals surface area contributed by atoms with E-state index in [0.717, 1.165) is 5.56 Å². The van der Waals surface area contributed by atoms with Crippen LogP contribution in [0.4, 0.5) is 0 Å². The molecule has 1 unspecified atom stereocenters. The number of hydrogen-bond donors (Lipinski definition) is 1. The maximum atomic E-state index is 13.9. The summed E-state index contributed by atoms with van der Waals surface area (Å²) in [7, 11) is 2.84.